The molecule has 0 aliphatic heterocycles. The van der Waals surface area contributed by atoms with E-state index in [1.165, 1.54) is 11.3 Å². The van der Waals surface area contributed by atoms with E-state index in [-0.39, 0.29) is 5.95 Å². The van der Waals surface area contributed by atoms with Gasteiger partial charge in [0.1, 0.15) is 5.01 Å². The van der Waals surface area contributed by atoms with Crippen LogP contribution in [0, 0.1) is 12.9 Å². The van der Waals surface area contributed by atoms with Crippen LogP contribution in [0.1, 0.15) is 4.88 Å². The predicted octanol–water partition coefficient (Wildman–Crippen LogP) is 2.65. The second-order valence-electron chi connectivity index (χ2n) is 2.61. The number of rotatable bonds is 1. The lowest BCUT2D eigenvalue weighted by molar-refractivity contribution is 0.585. The van der Waals surface area contributed by atoms with Crippen LogP contribution in [0.3, 0.4) is 0 Å². The standard InChI is InChI=1S/C9H7FN2S/c1-6-8(10)12-9(13-6)7-3-2-4-11-5-7/h2-5H,1H3. The molecular formula is C9H7FN2S. The predicted molar refractivity (Wildman–Crippen MR) is 50.0 cm³/mol. The van der Waals surface area contributed by atoms with Crippen molar-refractivity contribution in [3.63, 3.8) is 0 Å². The molecule has 0 aromatic carbocycles. The van der Waals surface area contributed by atoms with Gasteiger partial charge in [0, 0.05) is 18.0 Å². The minimum absolute atomic E-state index is 0.385. The lowest BCUT2D eigenvalue weighted by Gasteiger charge is -1.91. The van der Waals surface area contributed by atoms with Gasteiger partial charge in [0.15, 0.2) is 0 Å². The minimum atomic E-state index is -0.385. The fraction of sp³-hybridized carbons (Fsp3) is 0.111. The quantitative estimate of drug-likeness (QED) is 0.697. The summed E-state index contributed by atoms with van der Waals surface area (Å²) in [6, 6.07) is 3.68. The van der Waals surface area contributed by atoms with Crippen molar-refractivity contribution in [3.05, 3.63) is 35.4 Å². The molecule has 2 aromatic rings. The van der Waals surface area contributed by atoms with Crippen molar-refractivity contribution < 1.29 is 4.39 Å². The molecule has 2 nitrogen and oxygen atoms in total. The molecule has 0 unspecified atom stereocenters. The van der Waals surface area contributed by atoms with Crippen LogP contribution < -0.4 is 0 Å². The number of pyridine rings is 1. The summed E-state index contributed by atoms with van der Waals surface area (Å²) in [5.74, 6) is -0.385. The Balaban J connectivity index is 2.48. The van der Waals surface area contributed by atoms with Crippen molar-refractivity contribution in [2.75, 3.05) is 0 Å². The molecule has 66 valence electrons. The number of hydrogen-bond donors (Lipinski definition) is 0. The van der Waals surface area contributed by atoms with E-state index in [1.54, 1.807) is 19.3 Å². The molecule has 0 aliphatic rings. The third-order valence-electron chi connectivity index (χ3n) is 1.65. The van der Waals surface area contributed by atoms with Gasteiger partial charge in [-0.3, -0.25) is 4.98 Å². The van der Waals surface area contributed by atoms with Crippen molar-refractivity contribution in [2.24, 2.45) is 0 Å². The Labute approximate surface area is 79.1 Å². The molecule has 2 rings (SSSR count). The summed E-state index contributed by atoms with van der Waals surface area (Å²) in [5.41, 5.74) is 0.861. The lowest BCUT2D eigenvalue weighted by Crippen LogP contribution is -1.78. The van der Waals surface area contributed by atoms with E-state index in [0.29, 0.717) is 9.88 Å². The molecule has 0 saturated heterocycles. The number of hydrogen-bond acceptors (Lipinski definition) is 3. The maximum atomic E-state index is 12.9. The zero-order valence-electron chi connectivity index (χ0n) is 6.99. The average molecular weight is 194 g/mol. The van der Waals surface area contributed by atoms with Gasteiger partial charge in [-0.25, -0.2) is 4.98 Å². The molecule has 2 aromatic heterocycles. The Morgan fingerprint density at radius 3 is 2.85 bits per heavy atom. The number of halogens is 1. The van der Waals surface area contributed by atoms with Crippen molar-refractivity contribution in [2.45, 2.75) is 6.92 Å². The molecule has 2 heterocycles. The normalized spacial score (nSPS) is 10.3. The van der Waals surface area contributed by atoms with E-state index in [1.807, 2.05) is 12.1 Å². The summed E-state index contributed by atoms with van der Waals surface area (Å²) in [7, 11) is 0. The fourth-order valence-electron chi connectivity index (χ4n) is 0.991. The second kappa shape index (κ2) is 3.22. The Bertz CT molecular complexity index is 391. The molecule has 0 bridgehead atoms. The molecule has 0 saturated carbocycles. The Morgan fingerprint density at radius 2 is 2.31 bits per heavy atom. The smallest absolute Gasteiger partial charge is 0.227 e. The van der Waals surface area contributed by atoms with E-state index in [2.05, 4.69) is 9.97 Å². The van der Waals surface area contributed by atoms with Crippen LogP contribution in [0.2, 0.25) is 0 Å². The van der Waals surface area contributed by atoms with Crippen molar-refractivity contribution in [1.82, 2.24) is 9.97 Å². The van der Waals surface area contributed by atoms with Gasteiger partial charge < -0.3 is 0 Å². The van der Waals surface area contributed by atoms with Gasteiger partial charge in [-0.1, -0.05) is 0 Å². The number of thiazole rings is 1. The van der Waals surface area contributed by atoms with Crippen LogP contribution in [0.5, 0.6) is 0 Å². The first-order valence-corrected chi connectivity index (χ1v) is 4.62. The van der Waals surface area contributed by atoms with Crippen LogP contribution in [0.15, 0.2) is 24.5 Å². The van der Waals surface area contributed by atoms with Crippen LogP contribution in [0.4, 0.5) is 4.39 Å². The molecule has 0 radical (unpaired) electrons. The average Bonchev–Trinajstić information content (AvgIpc) is 2.49. The third-order valence-corrected chi connectivity index (χ3v) is 2.64. The zero-order chi connectivity index (χ0) is 9.26. The van der Waals surface area contributed by atoms with Gasteiger partial charge in [-0.2, -0.15) is 4.39 Å². The molecule has 0 atom stereocenters. The maximum Gasteiger partial charge on any atom is 0.227 e. The first-order chi connectivity index (χ1) is 6.27. The van der Waals surface area contributed by atoms with E-state index in [4.69, 9.17) is 0 Å². The van der Waals surface area contributed by atoms with E-state index in [9.17, 15) is 4.39 Å². The summed E-state index contributed by atoms with van der Waals surface area (Å²) >= 11 is 1.34. The van der Waals surface area contributed by atoms with E-state index in [0.717, 1.165) is 5.56 Å². The summed E-state index contributed by atoms with van der Waals surface area (Å²) in [6.07, 6.45) is 3.36. The van der Waals surface area contributed by atoms with Gasteiger partial charge in [-0.05, 0) is 19.1 Å². The topological polar surface area (TPSA) is 25.8 Å². The Morgan fingerprint density at radius 1 is 1.46 bits per heavy atom. The molecule has 0 amide bonds. The molecule has 0 aliphatic carbocycles. The number of aromatic nitrogens is 2. The van der Waals surface area contributed by atoms with Crippen LogP contribution in [-0.4, -0.2) is 9.97 Å². The number of nitrogens with zero attached hydrogens (tertiary/aromatic N) is 2. The fourth-order valence-corrected chi connectivity index (χ4v) is 1.77. The molecule has 0 fully saturated rings. The first kappa shape index (κ1) is 8.31. The minimum Gasteiger partial charge on any atom is -0.264 e. The largest absolute Gasteiger partial charge is 0.264 e. The molecule has 0 spiro atoms. The van der Waals surface area contributed by atoms with Crippen molar-refractivity contribution >= 4 is 11.3 Å². The molecular weight excluding hydrogens is 187 g/mol. The molecule has 0 N–H and O–H groups in total. The monoisotopic (exact) mass is 194 g/mol. The van der Waals surface area contributed by atoms with Gasteiger partial charge in [0.05, 0.1) is 4.88 Å². The highest BCUT2D eigenvalue weighted by Crippen LogP contribution is 2.25. The highest BCUT2D eigenvalue weighted by Gasteiger charge is 2.07. The summed E-state index contributed by atoms with van der Waals surface area (Å²) in [4.78, 5) is 8.35. The van der Waals surface area contributed by atoms with E-state index < -0.39 is 0 Å². The van der Waals surface area contributed by atoms with Crippen LogP contribution in [0.25, 0.3) is 10.6 Å². The highest BCUT2D eigenvalue weighted by molar-refractivity contribution is 7.14. The number of aryl methyl sites for hydroxylation is 1. The summed E-state index contributed by atoms with van der Waals surface area (Å²) < 4.78 is 12.9. The van der Waals surface area contributed by atoms with Crippen LogP contribution in [-0.2, 0) is 0 Å². The molecule has 13 heavy (non-hydrogen) atoms. The third kappa shape index (κ3) is 1.58. The second-order valence-corrected chi connectivity index (χ2v) is 3.81. The Hall–Kier alpha value is -1.29. The first-order valence-electron chi connectivity index (χ1n) is 3.80. The zero-order valence-corrected chi connectivity index (χ0v) is 7.81. The van der Waals surface area contributed by atoms with E-state index >= 15 is 0 Å². The van der Waals surface area contributed by atoms with Crippen LogP contribution >= 0.6 is 11.3 Å². The van der Waals surface area contributed by atoms with Crippen molar-refractivity contribution in [1.29, 1.82) is 0 Å². The van der Waals surface area contributed by atoms with Gasteiger partial charge in [0.2, 0.25) is 5.95 Å². The van der Waals surface area contributed by atoms with Crippen molar-refractivity contribution in [3.8, 4) is 10.6 Å². The summed E-state index contributed by atoms with van der Waals surface area (Å²) in [6.45, 7) is 1.72. The molecule has 4 heteroatoms. The maximum absolute atomic E-state index is 12.9. The summed E-state index contributed by atoms with van der Waals surface area (Å²) in [5, 5.41) is 0.683. The Kier molecular flexibility index (Phi) is 2.06. The SMILES string of the molecule is Cc1sc(-c2cccnc2)nc1F. The lowest BCUT2D eigenvalue weighted by atomic mass is 10.3. The van der Waals surface area contributed by atoms with Gasteiger partial charge in [0.25, 0.3) is 0 Å². The van der Waals surface area contributed by atoms with Gasteiger partial charge in [-0.15, -0.1) is 11.3 Å². The highest BCUT2D eigenvalue weighted by atomic mass is 32.1. The van der Waals surface area contributed by atoms with Gasteiger partial charge >= 0.3 is 0 Å².